The predicted octanol–water partition coefficient (Wildman–Crippen LogP) is 3.57. The van der Waals surface area contributed by atoms with Gasteiger partial charge in [-0.1, -0.05) is 36.4 Å². The van der Waals surface area contributed by atoms with Crippen molar-refractivity contribution in [1.29, 1.82) is 0 Å². The van der Waals surface area contributed by atoms with Crippen molar-refractivity contribution in [3.8, 4) is 0 Å². The largest absolute Gasteiger partial charge is 0.370 e. The van der Waals surface area contributed by atoms with E-state index in [0.29, 0.717) is 18.7 Å². The van der Waals surface area contributed by atoms with E-state index in [-0.39, 0.29) is 11.9 Å². The quantitative estimate of drug-likeness (QED) is 0.550. The van der Waals surface area contributed by atoms with Crippen LogP contribution in [0.3, 0.4) is 0 Å². The van der Waals surface area contributed by atoms with Crippen LogP contribution >= 0.6 is 11.8 Å². The van der Waals surface area contributed by atoms with Gasteiger partial charge in [-0.15, -0.1) is 11.8 Å². The number of hydrogen-bond acceptors (Lipinski definition) is 4. The Labute approximate surface area is 176 Å². The molecule has 1 saturated heterocycles. The molecular weight excluding hydrogens is 384 g/mol. The average molecular weight is 413 g/mol. The zero-order valence-corrected chi connectivity index (χ0v) is 17.3. The smallest absolute Gasteiger partial charge is 0.319 e. The van der Waals surface area contributed by atoms with Gasteiger partial charge in [-0.25, -0.2) is 4.79 Å². The van der Waals surface area contributed by atoms with E-state index in [1.54, 1.807) is 0 Å². The first-order chi connectivity index (χ1) is 14.1. The van der Waals surface area contributed by atoms with Crippen LogP contribution in [0.25, 0.3) is 0 Å². The van der Waals surface area contributed by atoms with Crippen LogP contribution < -0.4 is 16.4 Å². The number of rotatable bonds is 9. The van der Waals surface area contributed by atoms with Gasteiger partial charge in [0.1, 0.15) is 0 Å². The van der Waals surface area contributed by atoms with Crippen LogP contribution in [0, 0.1) is 0 Å². The number of amides is 3. The summed E-state index contributed by atoms with van der Waals surface area (Å²) in [4.78, 5) is 26.8. The molecule has 1 heterocycles. The summed E-state index contributed by atoms with van der Waals surface area (Å²) in [5.41, 5.74) is 8.32. The molecule has 0 unspecified atom stereocenters. The minimum absolute atomic E-state index is 0.246. The summed E-state index contributed by atoms with van der Waals surface area (Å²) >= 11 is 1.50. The Bertz CT molecular complexity index is 837. The summed E-state index contributed by atoms with van der Waals surface area (Å²) < 4.78 is 0. The van der Waals surface area contributed by atoms with E-state index < -0.39 is 0 Å². The molecule has 0 aliphatic carbocycles. The first kappa shape index (κ1) is 21.2. The number of nitrogens with two attached hydrogens (primary N) is 1. The molecule has 0 aromatic heterocycles. The molecule has 1 fully saturated rings. The maximum atomic E-state index is 12.5. The molecule has 2 aromatic rings. The van der Waals surface area contributed by atoms with Crippen LogP contribution in [-0.2, 0) is 17.9 Å². The van der Waals surface area contributed by atoms with Crippen molar-refractivity contribution in [2.24, 2.45) is 5.73 Å². The normalized spacial score (nSPS) is 13.9. The number of nitrogens with one attached hydrogen (secondary N) is 2. The number of likely N-dealkylation sites (tertiary alicyclic amines) is 1. The molecule has 0 spiro atoms. The van der Waals surface area contributed by atoms with Gasteiger partial charge in [-0.05, 0) is 49.2 Å². The van der Waals surface area contributed by atoms with Crippen molar-refractivity contribution in [1.82, 2.24) is 10.2 Å². The molecule has 1 aliphatic rings. The SMILES string of the molecule is NC(=O)CCSc1ccccc1NC(=O)NCc1ccccc1CN1CCCC1. The fourth-order valence-electron chi connectivity index (χ4n) is 3.37. The Morgan fingerprint density at radius 1 is 1.00 bits per heavy atom. The number of nitrogens with zero attached hydrogens (tertiary/aromatic N) is 1. The van der Waals surface area contributed by atoms with E-state index in [4.69, 9.17) is 5.73 Å². The maximum Gasteiger partial charge on any atom is 0.319 e. The summed E-state index contributed by atoms with van der Waals surface area (Å²) in [6, 6.07) is 15.6. The molecule has 0 saturated carbocycles. The monoisotopic (exact) mass is 412 g/mol. The van der Waals surface area contributed by atoms with Crippen molar-refractivity contribution in [3.63, 3.8) is 0 Å². The number of primary amides is 1. The predicted molar refractivity (Wildman–Crippen MR) is 118 cm³/mol. The number of carbonyl (C=O) groups excluding carboxylic acids is 2. The van der Waals surface area contributed by atoms with Crippen molar-refractivity contribution in [2.45, 2.75) is 37.2 Å². The van der Waals surface area contributed by atoms with Gasteiger partial charge in [0.15, 0.2) is 0 Å². The van der Waals surface area contributed by atoms with Crippen molar-refractivity contribution in [3.05, 3.63) is 59.7 Å². The van der Waals surface area contributed by atoms with Crippen molar-refractivity contribution in [2.75, 3.05) is 24.2 Å². The second-order valence-corrected chi connectivity index (χ2v) is 8.26. The van der Waals surface area contributed by atoms with Crippen LogP contribution in [0.1, 0.15) is 30.4 Å². The molecule has 0 atom stereocenters. The molecule has 4 N–H and O–H groups in total. The molecule has 3 amide bonds. The van der Waals surface area contributed by atoms with Crippen LogP contribution in [-0.4, -0.2) is 35.7 Å². The molecule has 2 aromatic carbocycles. The molecule has 6 nitrogen and oxygen atoms in total. The molecule has 1 aliphatic heterocycles. The van der Waals surface area contributed by atoms with Gasteiger partial charge in [0, 0.05) is 30.2 Å². The Morgan fingerprint density at radius 3 is 2.45 bits per heavy atom. The second-order valence-electron chi connectivity index (χ2n) is 7.12. The minimum atomic E-state index is -0.326. The standard InChI is InChI=1S/C22H28N4O2S/c23-21(27)11-14-29-20-10-4-3-9-19(20)25-22(28)24-15-17-7-1-2-8-18(17)16-26-12-5-6-13-26/h1-4,7-10H,5-6,11-16H2,(H2,23,27)(H2,24,25,28). The van der Waals surface area contributed by atoms with Gasteiger partial charge in [0.25, 0.3) is 0 Å². The first-order valence-corrected chi connectivity index (χ1v) is 10.9. The molecule has 7 heteroatoms. The fourth-order valence-corrected chi connectivity index (χ4v) is 4.34. The van der Waals surface area contributed by atoms with Gasteiger partial charge >= 0.3 is 6.03 Å². The maximum absolute atomic E-state index is 12.5. The van der Waals surface area contributed by atoms with E-state index in [0.717, 1.165) is 35.8 Å². The summed E-state index contributed by atoms with van der Waals surface area (Å²) in [7, 11) is 0. The van der Waals surface area contributed by atoms with E-state index in [9.17, 15) is 9.59 Å². The molecular formula is C22H28N4O2S. The Hall–Kier alpha value is -2.51. The Morgan fingerprint density at radius 2 is 1.69 bits per heavy atom. The zero-order valence-electron chi connectivity index (χ0n) is 16.5. The number of carbonyl (C=O) groups is 2. The molecule has 0 bridgehead atoms. The Kier molecular flexibility index (Phi) is 7.95. The van der Waals surface area contributed by atoms with Crippen molar-refractivity contribution >= 4 is 29.4 Å². The average Bonchev–Trinajstić information content (AvgIpc) is 3.21. The molecule has 154 valence electrons. The zero-order chi connectivity index (χ0) is 20.5. The van der Waals surface area contributed by atoms with E-state index >= 15 is 0 Å². The van der Waals surface area contributed by atoms with Crippen LogP contribution in [0.15, 0.2) is 53.4 Å². The number of benzene rings is 2. The third kappa shape index (κ3) is 6.80. The van der Waals surface area contributed by atoms with Gasteiger partial charge in [-0.2, -0.15) is 0 Å². The highest BCUT2D eigenvalue weighted by Crippen LogP contribution is 2.27. The van der Waals surface area contributed by atoms with E-state index in [1.807, 2.05) is 30.3 Å². The summed E-state index contributed by atoms with van der Waals surface area (Å²) in [5.74, 6) is 0.257. The topological polar surface area (TPSA) is 87.5 Å². The number of para-hydroxylation sites is 1. The molecule has 29 heavy (non-hydrogen) atoms. The van der Waals surface area contributed by atoms with Crippen LogP contribution in [0.4, 0.5) is 10.5 Å². The van der Waals surface area contributed by atoms with Crippen LogP contribution in [0.5, 0.6) is 0 Å². The first-order valence-electron chi connectivity index (χ1n) is 9.96. The lowest BCUT2D eigenvalue weighted by atomic mass is 10.1. The molecule has 3 rings (SSSR count). The van der Waals surface area contributed by atoms with Gasteiger partial charge in [0.2, 0.25) is 5.91 Å². The van der Waals surface area contributed by atoms with Gasteiger partial charge in [0.05, 0.1) is 5.69 Å². The summed E-state index contributed by atoms with van der Waals surface area (Å²) in [6.45, 7) is 3.70. The van der Waals surface area contributed by atoms with Crippen LogP contribution in [0.2, 0.25) is 0 Å². The van der Waals surface area contributed by atoms with Gasteiger partial charge in [-0.3, -0.25) is 9.69 Å². The lowest BCUT2D eigenvalue weighted by molar-refractivity contribution is -0.117. The third-order valence-electron chi connectivity index (χ3n) is 4.89. The van der Waals surface area contributed by atoms with E-state index in [1.165, 1.54) is 30.2 Å². The second kappa shape index (κ2) is 10.9. The number of anilines is 1. The lowest BCUT2D eigenvalue weighted by Gasteiger charge is -2.18. The number of hydrogen-bond donors (Lipinski definition) is 3. The highest BCUT2D eigenvalue weighted by atomic mass is 32.2. The number of thioether (sulfide) groups is 1. The Balaban J connectivity index is 1.55. The summed E-state index contributed by atoms with van der Waals surface area (Å²) in [6.07, 6.45) is 2.83. The number of urea groups is 1. The fraction of sp³-hybridized carbons (Fsp3) is 0.364. The highest BCUT2D eigenvalue weighted by Gasteiger charge is 2.14. The lowest BCUT2D eigenvalue weighted by Crippen LogP contribution is -2.29. The molecule has 0 radical (unpaired) electrons. The third-order valence-corrected chi connectivity index (χ3v) is 5.97. The minimum Gasteiger partial charge on any atom is -0.370 e. The van der Waals surface area contributed by atoms with Crippen molar-refractivity contribution < 1.29 is 9.59 Å². The highest BCUT2D eigenvalue weighted by molar-refractivity contribution is 7.99. The van der Waals surface area contributed by atoms with E-state index in [2.05, 4.69) is 33.7 Å². The van der Waals surface area contributed by atoms with Gasteiger partial charge < -0.3 is 16.4 Å². The summed E-state index contributed by atoms with van der Waals surface area (Å²) in [5, 5.41) is 5.88.